The quantitative estimate of drug-likeness (QED) is 0.464. The zero-order valence-electron chi connectivity index (χ0n) is 19.9. The standard InChI is InChI=1S/C28H46O/c1-18(2)8-6-9-19(3)22-11-12-23-21-16-25(29)28-17-20(28)10-7-14-27(28,5)24(21)13-15-26(22,23)4/h18-24H,6-17H2,1-5H3/t19-,20-,21+,22-,23+,24+,26-,27-,28+/m1/s1. The zero-order chi connectivity index (χ0) is 20.6. The molecule has 29 heavy (non-hydrogen) atoms. The van der Waals surface area contributed by atoms with Crippen molar-refractivity contribution in [1.82, 2.24) is 0 Å². The van der Waals surface area contributed by atoms with Crippen LogP contribution in [0, 0.1) is 57.7 Å². The first-order chi connectivity index (χ1) is 13.7. The van der Waals surface area contributed by atoms with Gasteiger partial charge in [0.05, 0.1) is 0 Å². The molecule has 0 heterocycles. The van der Waals surface area contributed by atoms with Crippen molar-refractivity contribution in [2.75, 3.05) is 0 Å². The summed E-state index contributed by atoms with van der Waals surface area (Å²) in [6, 6.07) is 0. The van der Waals surface area contributed by atoms with Crippen LogP contribution in [-0.2, 0) is 4.79 Å². The lowest BCUT2D eigenvalue weighted by molar-refractivity contribution is -0.159. The van der Waals surface area contributed by atoms with E-state index in [1.54, 1.807) is 0 Å². The van der Waals surface area contributed by atoms with E-state index in [0.29, 0.717) is 22.5 Å². The maximum Gasteiger partial charge on any atom is 0.140 e. The second kappa shape index (κ2) is 6.83. The van der Waals surface area contributed by atoms with E-state index >= 15 is 0 Å². The molecule has 5 aliphatic rings. The van der Waals surface area contributed by atoms with Crippen LogP contribution in [0.25, 0.3) is 0 Å². The lowest BCUT2D eigenvalue weighted by Gasteiger charge is -2.60. The van der Waals surface area contributed by atoms with Gasteiger partial charge in [-0.3, -0.25) is 4.79 Å². The summed E-state index contributed by atoms with van der Waals surface area (Å²) in [6.45, 7) is 12.5. The highest BCUT2D eigenvalue weighted by atomic mass is 16.1. The maximum atomic E-state index is 13.6. The van der Waals surface area contributed by atoms with Crippen LogP contribution in [0.2, 0.25) is 0 Å². The molecule has 0 aromatic heterocycles. The summed E-state index contributed by atoms with van der Waals surface area (Å²) >= 11 is 0. The minimum atomic E-state index is 0.141. The van der Waals surface area contributed by atoms with Crippen LogP contribution in [0.3, 0.4) is 0 Å². The minimum Gasteiger partial charge on any atom is -0.299 e. The van der Waals surface area contributed by atoms with E-state index in [-0.39, 0.29) is 5.41 Å². The molecular formula is C28H46O. The molecule has 1 spiro atoms. The highest BCUT2D eigenvalue weighted by Gasteiger charge is 2.75. The Hall–Kier alpha value is -0.330. The average Bonchev–Trinajstić information content (AvgIpc) is 3.30. The third kappa shape index (κ3) is 2.73. The predicted molar refractivity (Wildman–Crippen MR) is 121 cm³/mol. The van der Waals surface area contributed by atoms with Gasteiger partial charge < -0.3 is 0 Å². The van der Waals surface area contributed by atoms with Gasteiger partial charge in [0.1, 0.15) is 5.78 Å². The molecule has 0 aliphatic heterocycles. The summed E-state index contributed by atoms with van der Waals surface area (Å²) in [7, 11) is 0. The number of rotatable bonds is 5. The summed E-state index contributed by atoms with van der Waals surface area (Å²) in [5.41, 5.74) is 0.998. The number of carbonyl (C=O) groups excluding carboxylic acids is 1. The van der Waals surface area contributed by atoms with Crippen molar-refractivity contribution >= 4 is 5.78 Å². The Morgan fingerprint density at radius 3 is 2.52 bits per heavy atom. The molecule has 0 saturated heterocycles. The van der Waals surface area contributed by atoms with Crippen molar-refractivity contribution < 1.29 is 4.79 Å². The molecule has 0 aromatic carbocycles. The number of hydrogen-bond acceptors (Lipinski definition) is 1. The molecule has 0 aromatic rings. The van der Waals surface area contributed by atoms with E-state index in [9.17, 15) is 4.79 Å². The second-order valence-corrected chi connectivity index (χ2v) is 13.2. The Labute approximate surface area is 180 Å². The third-order valence-electron chi connectivity index (χ3n) is 11.7. The van der Waals surface area contributed by atoms with E-state index in [1.807, 2.05) is 0 Å². The van der Waals surface area contributed by atoms with Crippen LogP contribution < -0.4 is 0 Å². The van der Waals surface area contributed by atoms with E-state index in [0.717, 1.165) is 41.9 Å². The van der Waals surface area contributed by atoms with E-state index in [2.05, 4.69) is 34.6 Å². The van der Waals surface area contributed by atoms with Crippen LogP contribution in [-0.4, -0.2) is 5.78 Å². The number of carbonyl (C=O) groups is 1. The molecule has 0 unspecified atom stereocenters. The van der Waals surface area contributed by atoms with Crippen LogP contribution in [0.1, 0.15) is 112 Å². The number of ketones is 1. The molecule has 0 bridgehead atoms. The molecule has 1 heteroatoms. The molecule has 5 saturated carbocycles. The van der Waals surface area contributed by atoms with Gasteiger partial charge in [0.15, 0.2) is 0 Å². The third-order valence-corrected chi connectivity index (χ3v) is 11.7. The molecule has 5 fully saturated rings. The average molecular weight is 399 g/mol. The Morgan fingerprint density at radius 1 is 0.966 bits per heavy atom. The van der Waals surface area contributed by atoms with Gasteiger partial charge in [-0.2, -0.15) is 0 Å². The lowest BCUT2D eigenvalue weighted by atomic mass is 9.43. The highest BCUT2D eigenvalue weighted by molar-refractivity contribution is 5.90. The van der Waals surface area contributed by atoms with Crippen molar-refractivity contribution in [3.05, 3.63) is 0 Å². The monoisotopic (exact) mass is 398 g/mol. The maximum absolute atomic E-state index is 13.6. The van der Waals surface area contributed by atoms with Crippen molar-refractivity contribution in [3.63, 3.8) is 0 Å². The van der Waals surface area contributed by atoms with Crippen molar-refractivity contribution in [1.29, 1.82) is 0 Å². The Balaban J connectivity index is 1.35. The fraction of sp³-hybridized carbons (Fsp3) is 0.964. The Bertz CT molecular complexity index is 665. The molecule has 164 valence electrons. The van der Waals surface area contributed by atoms with Crippen LogP contribution in [0.4, 0.5) is 0 Å². The summed E-state index contributed by atoms with van der Waals surface area (Å²) in [6.07, 6.45) is 16.2. The first kappa shape index (κ1) is 20.6. The Morgan fingerprint density at radius 2 is 1.76 bits per heavy atom. The summed E-state index contributed by atoms with van der Waals surface area (Å²) in [4.78, 5) is 13.6. The van der Waals surface area contributed by atoms with Gasteiger partial charge in [-0.25, -0.2) is 0 Å². The molecular weight excluding hydrogens is 352 g/mol. The van der Waals surface area contributed by atoms with E-state index in [1.165, 1.54) is 70.6 Å². The van der Waals surface area contributed by atoms with Crippen LogP contribution in [0.15, 0.2) is 0 Å². The first-order valence-corrected chi connectivity index (χ1v) is 13.3. The second-order valence-electron chi connectivity index (χ2n) is 13.2. The van der Waals surface area contributed by atoms with Gasteiger partial charge >= 0.3 is 0 Å². The minimum absolute atomic E-state index is 0.141. The van der Waals surface area contributed by atoms with E-state index < -0.39 is 0 Å². The fourth-order valence-electron chi connectivity index (χ4n) is 10.3. The predicted octanol–water partition coefficient (Wildman–Crippen LogP) is 7.68. The summed E-state index contributed by atoms with van der Waals surface area (Å²) < 4.78 is 0. The van der Waals surface area contributed by atoms with Crippen molar-refractivity contribution in [3.8, 4) is 0 Å². The lowest BCUT2D eigenvalue weighted by Crippen LogP contribution is -2.57. The SMILES string of the molecule is CC(C)CCC[C@@H](C)[C@H]1CC[C@H]2[C@@H]3CC(=O)[C@]45C[C@H]4CCC[C@]5(C)[C@H]3CC[C@]12C. The van der Waals surface area contributed by atoms with Crippen LogP contribution in [0.5, 0.6) is 0 Å². The fourth-order valence-corrected chi connectivity index (χ4v) is 10.3. The molecule has 1 nitrogen and oxygen atoms in total. The number of fused-ring (bicyclic) bond motifs is 4. The van der Waals surface area contributed by atoms with Crippen molar-refractivity contribution in [2.24, 2.45) is 57.7 Å². The summed E-state index contributed by atoms with van der Waals surface area (Å²) in [5, 5.41) is 0. The number of hydrogen-bond donors (Lipinski definition) is 0. The first-order valence-electron chi connectivity index (χ1n) is 13.3. The Kier molecular flexibility index (Phi) is 4.85. The molecule has 9 atom stereocenters. The topological polar surface area (TPSA) is 17.1 Å². The number of Topliss-reactive ketones (excluding diaryl/α,β-unsaturated/α-hetero) is 1. The van der Waals surface area contributed by atoms with E-state index in [4.69, 9.17) is 0 Å². The van der Waals surface area contributed by atoms with Gasteiger partial charge in [-0.15, -0.1) is 0 Å². The van der Waals surface area contributed by atoms with Gasteiger partial charge in [-0.05, 0) is 97.2 Å². The van der Waals surface area contributed by atoms with Crippen molar-refractivity contribution in [2.45, 2.75) is 112 Å². The molecule has 0 radical (unpaired) electrons. The van der Waals surface area contributed by atoms with Crippen LogP contribution >= 0.6 is 0 Å². The largest absolute Gasteiger partial charge is 0.299 e. The van der Waals surface area contributed by atoms with Gasteiger partial charge in [0.2, 0.25) is 0 Å². The molecule has 0 amide bonds. The van der Waals surface area contributed by atoms with Gasteiger partial charge in [-0.1, -0.05) is 60.3 Å². The van der Waals surface area contributed by atoms with Gasteiger partial charge in [0, 0.05) is 11.8 Å². The summed E-state index contributed by atoms with van der Waals surface area (Å²) in [5.74, 6) is 6.47. The molecule has 5 aliphatic carbocycles. The normalized spacial score (nSPS) is 51.8. The molecule has 5 rings (SSSR count). The highest BCUT2D eigenvalue weighted by Crippen LogP contribution is 2.78. The zero-order valence-corrected chi connectivity index (χ0v) is 19.9. The smallest absolute Gasteiger partial charge is 0.140 e. The molecule has 0 N–H and O–H groups in total. The van der Waals surface area contributed by atoms with Gasteiger partial charge in [0.25, 0.3) is 0 Å².